The number of anilines is 1. The van der Waals surface area contributed by atoms with Crippen LogP contribution in [0.5, 0.6) is 0 Å². The Hall–Kier alpha value is -1.84. The van der Waals surface area contributed by atoms with Gasteiger partial charge in [0.05, 0.1) is 11.3 Å². The van der Waals surface area contributed by atoms with Gasteiger partial charge in [0, 0.05) is 13.1 Å². The number of nitrogens with zero attached hydrogens (tertiary/aromatic N) is 2. The lowest BCUT2D eigenvalue weighted by Gasteiger charge is -2.26. The SMILES string of the molecule is CC1=CCN(c2ccc(C(=O)O)c(C)n2)CC1. The summed E-state index contributed by atoms with van der Waals surface area (Å²) >= 11 is 0. The minimum atomic E-state index is -0.920. The van der Waals surface area contributed by atoms with E-state index >= 15 is 0 Å². The van der Waals surface area contributed by atoms with Gasteiger partial charge in [0.1, 0.15) is 5.82 Å². The van der Waals surface area contributed by atoms with Crippen LogP contribution in [0.15, 0.2) is 23.8 Å². The zero-order chi connectivity index (χ0) is 12.4. The molecule has 0 saturated carbocycles. The van der Waals surface area contributed by atoms with Crippen LogP contribution in [0.4, 0.5) is 5.82 Å². The standard InChI is InChI=1S/C13H16N2O2/c1-9-5-7-15(8-6-9)12-4-3-11(13(16)17)10(2)14-12/h3-5H,6-8H2,1-2H3,(H,16,17). The molecule has 1 aliphatic rings. The van der Waals surface area contributed by atoms with Gasteiger partial charge < -0.3 is 10.0 Å². The van der Waals surface area contributed by atoms with Crippen LogP contribution in [0.3, 0.4) is 0 Å². The van der Waals surface area contributed by atoms with Crippen molar-refractivity contribution in [1.82, 2.24) is 4.98 Å². The van der Waals surface area contributed by atoms with Gasteiger partial charge in [-0.05, 0) is 32.4 Å². The number of aromatic carboxylic acids is 1. The van der Waals surface area contributed by atoms with Crippen molar-refractivity contribution in [2.24, 2.45) is 0 Å². The van der Waals surface area contributed by atoms with E-state index in [0.717, 1.165) is 25.3 Å². The summed E-state index contributed by atoms with van der Waals surface area (Å²) in [6, 6.07) is 3.41. The predicted octanol–water partition coefficient (Wildman–Crippen LogP) is 2.24. The molecule has 4 nitrogen and oxygen atoms in total. The van der Waals surface area contributed by atoms with E-state index in [0.29, 0.717) is 5.69 Å². The Bertz CT molecular complexity index is 480. The molecule has 1 aliphatic heterocycles. The van der Waals surface area contributed by atoms with Crippen LogP contribution in [0.2, 0.25) is 0 Å². The van der Waals surface area contributed by atoms with E-state index in [9.17, 15) is 4.79 Å². The molecule has 0 spiro atoms. The van der Waals surface area contributed by atoms with Gasteiger partial charge in [-0.2, -0.15) is 0 Å². The number of carbonyl (C=O) groups is 1. The van der Waals surface area contributed by atoms with Gasteiger partial charge >= 0.3 is 5.97 Å². The summed E-state index contributed by atoms with van der Waals surface area (Å²) in [6.45, 7) is 5.66. The molecule has 0 atom stereocenters. The number of pyridine rings is 1. The highest BCUT2D eigenvalue weighted by Crippen LogP contribution is 2.19. The van der Waals surface area contributed by atoms with Gasteiger partial charge in [0.25, 0.3) is 0 Å². The molecule has 2 heterocycles. The van der Waals surface area contributed by atoms with Crippen molar-refractivity contribution >= 4 is 11.8 Å². The lowest BCUT2D eigenvalue weighted by atomic mass is 10.1. The maximum Gasteiger partial charge on any atom is 0.337 e. The highest BCUT2D eigenvalue weighted by atomic mass is 16.4. The van der Waals surface area contributed by atoms with Crippen LogP contribution < -0.4 is 4.90 Å². The summed E-state index contributed by atoms with van der Waals surface area (Å²) in [5.74, 6) is -0.0628. The van der Waals surface area contributed by atoms with Gasteiger partial charge in [-0.25, -0.2) is 9.78 Å². The average molecular weight is 232 g/mol. The molecule has 17 heavy (non-hydrogen) atoms. The molecule has 0 radical (unpaired) electrons. The van der Waals surface area contributed by atoms with Gasteiger partial charge in [-0.3, -0.25) is 0 Å². The van der Waals surface area contributed by atoms with Crippen molar-refractivity contribution in [3.8, 4) is 0 Å². The van der Waals surface area contributed by atoms with Crippen LogP contribution in [0, 0.1) is 6.92 Å². The number of aromatic nitrogens is 1. The number of aryl methyl sites for hydroxylation is 1. The molecule has 90 valence electrons. The number of rotatable bonds is 2. The zero-order valence-electron chi connectivity index (χ0n) is 10.1. The Balaban J connectivity index is 2.23. The summed E-state index contributed by atoms with van der Waals surface area (Å²) in [7, 11) is 0. The fraction of sp³-hybridized carbons (Fsp3) is 0.385. The largest absolute Gasteiger partial charge is 0.478 e. The summed E-state index contributed by atoms with van der Waals surface area (Å²) in [5.41, 5.74) is 2.25. The Morgan fingerprint density at radius 3 is 2.71 bits per heavy atom. The molecular weight excluding hydrogens is 216 g/mol. The predicted molar refractivity (Wildman–Crippen MR) is 66.5 cm³/mol. The van der Waals surface area contributed by atoms with E-state index in [1.54, 1.807) is 19.1 Å². The molecule has 0 saturated heterocycles. The summed E-state index contributed by atoms with van der Waals surface area (Å²) in [5, 5.41) is 8.94. The monoisotopic (exact) mass is 232 g/mol. The number of carboxylic acid groups (broad SMARTS) is 1. The molecule has 2 rings (SSSR count). The number of hydrogen-bond donors (Lipinski definition) is 1. The Morgan fingerprint density at radius 1 is 1.41 bits per heavy atom. The second kappa shape index (κ2) is 4.57. The molecule has 0 unspecified atom stereocenters. The number of carboxylic acids is 1. The molecule has 1 aromatic heterocycles. The van der Waals surface area contributed by atoms with Crippen molar-refractivity contribution in [1.29, 1.82) is 0 Å². The van der Waals surface area contributed by atoms with Crippen molar-refractivity contribution in [2.45, 2.75) is 20.3 Å². The van der Waals surface area contributed by atoms with E-state index in [4.69, 9.17) is 5.11 Å². The van der Waals surface area contributed by atoms with Crippen LogP contribution in [-0.2, 0) is 0 Å². The smallest absolute Gasteiger partial charge is 0.337 e. The van der Waals surface area contributed by atoms with Crippen molar-refractivity contribution in [2.75, 3.05) is 18.0 Å². The van der Waals surface area contributed by atoms with Crippen molar-refractivity contribution in [3.63, 3.8) is 0 Å². The summed E-state index contributed by atoms with van der Waals surface area (Å²) < 4.78 is 0. The minimum Gasteiger partial charge on any atom is -0.478 e. The van der Waals surface area contributed by atoms with Crippen LogP contribution >= 0.6 is 0 Å². The first-order valence-corrected chi connectivity index (χ1v) is 5.69. The second-order valence-corrected chi connectivity index (χ2v) is 4.35. The highest BCUT2D eigenvalue weighted by Gasteiger charge is 2.14. The summed E-state index contributed by atoms with van der Waals surface area (Å²) in [4.78, 5) is 17.4. The molecule has 0 fully saturated rings. The Kier molecular flexibility index (Phi) is 3.13. The van der Waals surface area contributed by atoms with Gasteiger partial charge in [0.2, 0.25) is 0 Å². The fourth-order valence-corrected chi connectivity index (χ4v) is 1.93. The van der Waals surface area contributed by atoms with Crippen LogP contribution in [0.25, 0.3) is 0 Å². The lowest BCUT2D eigenvalue weighted by molar-refractivity contribution is 0.0695. The second-order valence-electron chi connectivity index (χ2n) is 4.35. The number of hydrogen-bond acceptors (Lipinski definition) is 3. The molecule has 4 heteroatoms. The first kappa shape index (κ1) is 11.6. The Morgan fingerprint density at radius 2 is 2.18 bits per heavy atom. The van der Waals surface area contributed by atoms with Crippen molar-refractivity contribution in [3.05, 3.63) is 35.0 Å². The first-order chi connectivity index (χ1) is 8.08. The molecule has 0 bridgehead atoms. The Labute approximate surface area is 101 Å². The average Bonchev–Trinajstić information content (AvgIpc) is 2.29. The van der Waals surface area contributed by atoms with E-state index in [1.165, 1.54) is 5.57 Å². The molecule has 0 aliphatic carbocycles. The zero-order valence-corrected chi connectivity index (χ0v) is 10.1. The third-order valence-corrected chi connectivity index (χ3v) is 3.06. The third kappa shape index (κ3) is 2.46. The normalized spacial score (nSPS) is 15.6. The summed E-state index contributed by atoms with van der Waals surface area (Å²) in [6.07, 6.45) is 3.23. The maximum atomic E-state index is 10.9. The molecule has 0 amide bonds. The van der Waals surface area contributed by atoms with E-state index in [2.05, 4.69) is 22.9 Å². The van der Waals surface area contributed by atoms with E-state index < -0.39 is 5.97 Å². The maximum absolute atomic E-state index is 10.9. The molecule has 1 N–H and O–H groups in total. The van der Waals surface area contributed by atoms with Crippen molar-refractivity contribution < 1.29 is 9.90 Å². The van der Waals surface area contributed by atoms with Gasteiger partial charge in [0.15, 0.2) is 0 Å². The third-order valence-electron chi connectivity index (χ3n) is 3.06. The van der Waals surface area contributed by atoms with Crippen LogP contribution in [-0.4, -0.2) is 29.1 Å². The van der Waals surface area contributed by atoms with E-state index in [1.807, 2.05) is 0 Å². The fourth-order valence-electron chi connectivity index (χ4n) is 1.93. The minimum absolute atomic E-state index is 0.275. The molecular formula is C13H16N2O2. The topological polar surface area (TPSA) is 53.4 Å². The first-order valence-electron chi connectivity index (χ1n) is 5.69. The van der Waals surface area contributed by atoms with E-state index in [-0.39, 0.29) is 5.56 Å². The molecule has 0 aromatic carbocycles. The lowest BCUT2D eigenvalue weighted by Crippen LogP contribution is -2.29. The van der Waals surface area contributed by atoms with Crippen LogP contribution in [0.1, 0.15) is 29.4 Å². The van der Waals surface area contributed by atoms with Gasteiger partial charge in [-0.15, -0.1) is 0 Å². The van der Waals surface area contributed by atoms with Gasteiger partial charge in [-0.1, -0.05) is 11.6 Å². The highest BCUT2D eigenvalue weighted by molar-refractivity contribution is 5.89. The quantitative estimate of drug-likeness (QED) is 0.794. The molecule has 1 aromatic rings.